The number of fused-ring (bicyclic) bond motifs is 1. The van der Waals surface area contributed by atoms with Crippen molar-refractivity contribution in [1.82, 2.24) is 4.98 Å². The molecule has 1 heterocycles. The van der Waals surface area contributed by atoms with Crippen LogP contribution < -0.4 is 5.73 Å². The number of hydrogen-bond donors (Lipinski definition) is 1. The van der Waals surface area contributed by atoms with Crippen molar-refractivity contribution in [1.29, 1.82) is 0 Å². The van der Waals surface area contributed by atoms with Gasteiger partial charge in [-0.05, 0) is 12.1 Å². The van der Waals surface area contributed by atoms with E-state index in [9.17, 15) is 18.0 Å². The zero-order valence-electron chi connectivity index (χ0n) is 9.04. The van der Waals surface area contributed by atoms with E-state index in [-0.39, 0.29) is 21.5 Å². The molecule has 0 amide bonds. The van der Waals surface area contributed by atoms with E-state index in [2.05, 4.69) is 9.72 Å². The first kappa shape index (κ1) is 12.6. The number of anilines is 1. The molecule has 0 unspecified atom stereocenters. The van der Waals surface area contributed by atoms with Gasteiger partial charge in [-0.25, -0.2) is 9.78 Å². The van der Waals surface area contributed by atoms with Crippen LogP contribution in [0, 0.1) is 0 Å². The van der Waals surface area contributed by atoms with Gasteiger partial charge in [0.2, 0.25) is 0 Å². The minimum Gasteiger partial charge on any atom is -0.465 e. The Labute approximate surface area is 103 Å². The summed E-state index contributed by atoms with van der Waals surface area (Å²) < 4.78 is 42.2. The number of thiazole rings is 1. The summed E-state index contributed by atoms with van der Waals surface area (Å²) in [5.41, 5.74) is 5.78. The van der Waals surface area contributed by atoms with E-state index >= 15 is 0 Å². The highest BCUT2D eigenvalue weighted by Crippen LogP contribution is 2.37. The summed E-state index contributed by atoms with van der Waals surface area (Å²) in [5.74, 6) is -0.676. The Kier molecular flexibility index (Phi) is 2.89. The summed E-state index contributed by atoms with van der Waals surface area (Å²) in [6.45, 7) is 0. The smallest absolute Gasteiger partial charge is 0.443 e. The topological polar surface area (TPSA) is 65.2 Å². The molecule has 0 saturated heterocycles. The Morgan fingerprint density at radius 2 is 2.11 bits per heavy atom. The predicted octanol–water partition coefficient (Wildman–Crippen LogP) is 2.68. The van der Waals surface area contributed by atoms with Gasteiger partial charge in [-0.2, -0.15) is 13.2 Å². The molecule has 0 radical (unpaired) electrons. The van der Waals surface area contributed by atoms with E-state index in [4.69, 9.17) is 5.73 Å². The highest BCUT2D eigenvalue weighted by molar-refractivity contribution is 7.19. The van der Waals surface area contributed by atoms with Crippen LogP contribution in [0.3, 0.4) is 0 Å². The van der Waals surface area contributed by atoms with Crippen LogP contribution >= 0.6 is 11.3 Å². The molecule has 1 aromatic heterocycles. The Hall–Kier alpha value is -1.83. The summed E-state index contributed by atoms with van der Waals surface area (Å²) in [6.07, 6.45) is -4.53. The minimum atomic E-state index is -4.53. The van der Waals surface area contributed by atoms with Crippen molar-refractivity contribution in [2.45, 2.75) is 6.18 Å². The largest absolute Gasteiger partial charge is 0.465 e. The summed E-state index contributed by atoms with van der Waals surface area (Å²) in [5, 5.41) is -0.994. The van der Waals surface area contributed by atoms with Gasteiger partial charge < -0.3 is 10.5 Å². The van der Waals surface area contributed by atoms with Crippen molar-refractivity contribution in [3.63, 3.8) is 0 Å². The number of benzene rings is 1. The quantitative estimate of drug-likeness (QED) is 0.642. The number of carbonyl (C=O) groups excluding carboxylic acids is 1. The second kappa shape index (κ2) is 4.13. The monoisotopic (exact) mass is 276 g/mol. The molecule has 96 valence electrons. The van der Waals surface area contributed by atoms with Crippen molar-refractivity contribution < 1.29 is 22.7 Å². The number of aromatic nitrogens is 1. The molecule has 0 saturated carbocycles. The normalized spacial score (nSPS) is 11.8. The number of nitrogen functional groups attached to an aromatic ring is 1. The molecule has 18 heavy (non-hydrogen) atoms. The SMILES string of the molecule is COC(=O)c1cc(N)c2sc(C(F)(F)F)nc2c1. The van der Waals surface area contributed by atoms with Crippen molar-refractivity contribution in [2.75, 3.05) is 12.8 Å². The first-order chi connectivity index (χ1) is 8.32. The third kappa shape index (κ3) is 2.10. The molecule has 0 bridgehead atoms. The molecule has 0 fully saturated rings. The first-order valence-electron chi connectivity index (χ1n) is 4.68. The van der Waals surface area contributed by atoms with Crippen LogP contribution in [-0.4, -0.2) is 18.1 Å². The maximum atomic E-state index is 12.5. The van der Waals surface area contributed by atoms with Crippen molar-refractivity contribution in [3.05, 3.63) is 22.7 Å². The molecule has 1 aromatic carbocycles. The van der Waals surface area contributed by atoms with Gasteiger partial charge in [-0.3, -0.25) is 0 Å². The number of nitrogens with two attached hydrogens (primary N) is 1. The first-order valence-corrected chi connectivity index (χ1v) is 5.50. The van der Waals surface area contributed by atoms with Crippen LogP contribution in [0.4, 0.5) is 18.9 Å². The molecule has 0 spiro atoms. The van der Waals surface area contributed by atoms with E-state index in [0.29, 0.717) is 11.3 Å². The highest BCUT2D eigenvalue weighted by Gasteiger charge is 2.35. The fourth-order valence-electron chi connectivity index (χ4n) is 1.42. The van der Waals surface area contributed by atoms with Gasteiger partial charge in [0.05, 0.1) is 28.6 Å². The van der Waals surface area contributed by atoms with Crippen LogP contribution in [-0.2, 0) is 10.9 Å². The number of methoxy groups -OCH3 is 1. The number of esters is 1. The van der Waals surface area contributed by atoms with E-state index in [1.54, 1.807) is 0 Å². The third-order valence-corrected chi connectivity index (χ3v) is 3.35. The van der Waals surface area contributed by atoms with E-state index in [0.717, 1.165) is 0 Å². The zero-order chi connectivity index (χ0) is 13.5. The van der Waals surface area contributed by atoms with Crippen molar-refractivity contribution in [3.8, 4) is 0 Å². The Morgan fingerprint density at radius 3 is 2.67 bits per heavy atom. The second-order valence-corrected chi connectivity index (χ2v) is 4.42. The summed E-state index contributed by atoms with van der Waals surface area (Å²) >= 11 is 0.446. The van der Waals surface area contributed by atoms with Crippen LogP contribution in [0.5, 0.6) is 0 Å². The number of halogens is 3. The molecule has 8 heteroatoms. The van der Waals surface area contributed by atoms with Gasteiger partial charge in [-0.15, -0.1) is 11.3 Å². The van der Waals surface area contributed by atoms with Crippen molar-refractivity contribution in [2.24, 2.45) is 0 Å². The van der Waals surface area contributed by atoms with Gasteiger partial charge in [0.1, 0.15) is 0 Å². The van der Waals surface area contributed by atoms with E-state index in [1.807, 2.05) is 0 Å². The third-order valence-electron chi connectivity index (χ3n) is 2.18. The molecular formula is C10H7F3N2O2S. The molecule has 2 aromatic rings. The molecule has 2 N–H and O–H groups in total. The number of hydrogen-bond acceptors (Lipinski definition) is 5. The molecule has 0 aliphatic rings. The van der Waals surface area contributed by atoms with Crippen LogP contribution in [0.15, 0.2) is 12.1 Å². The van der Waals surface area contributed by atoms with E-state index < -0.39 is 17.2 Å². The molecule has 0 aliphatic carbocycles. The molecule has 0 atom stereocenters. The lowest BCUT2D eigenvalue weighted by molar-refractivity contribution is -0.137. The van der Waals surface area contributed by atoms with Crippen LogP contribution in [0.1, 0.15) is 15.4 Å². The summed E-state index contributed by atoms with van der Waals surface area (Å²) in [6, 6.07) is 2.50. The second-order valence-electron chi connectivity index (χ2n) is 3.42. The molecule has 0 aliphatic heterocycles. The molecular weight excluding hydrogens is 269 g/mol. The Balaban J connectivity index is 2.63. The standard InChI is InChI=1S/C10H7F3N2O2S/c1-17-8(16)4-2-5(14)7-6(3-4)15-9(18-7)10(11,12)13/h2-3H,14H2,1H3. The lowest BCUT2D eigenvalue weighted by Crippen LogP contribution is -2.03. The lowest BCUT2D eigenvalue weighted by atomic mass is 10.2. The van der Waals surface area contributed by atoms with Crippen LogP contribution in [0.25, 0.3) is 10.2 Å². The van der Waals surface area contributed by atoms with Gasteiger partial charge in [0.15, 0.2) is 5.01 Å². The molecule has 4 nitrogen and oxygen atoms in total. The maximum Gasteiger partial charge on any atom is 0.443 e. The zero-order valence-corrected chi connectivity index (χ0v) is 9.85. The minimum absolute atomic E-state index is 0.0349. The number of ether oxygens (including phenoxy) is 1. The average molecular weight is 276 g/mol. The highest BCUT2D eigenvalue weighted by atomic mass is 32.1. The number of carbonyl (C=O) groups is 1. The molecule has 2 rings (SSSR count). The summed E-state index contributed by atoms with van der Waals surface area (Å²) in [7, 11) is 1.17. The average Bonchev–Trinajstić information content (AvgIpc) is 2.72. The van der Waals surface area contributed by atoms with Gasteiger partial charge in [0.25, 0.3) is 0 Å². The van der Waals surface area contributed by atoms with Gasteiger partial charge >= 0.3 is 12.1 Å². The van der Waals surface area contributed by atoms with Crippen LogP contribution in [0.2, 0.25) is 0 Å². The Morgan fingerprint density at radius 1 is 1.44 bits per heavy atom. The number of nitrogens with zero attached hydrogens (tertiary/aromatic N) is 1. The van der Waals surface area contributed by atoms with Gasteiger partial charge in [0, 0.05) is 0 Å². The predicted molar refractivity (Wildman–Crippen MR) is 60.4 cm³/mol. The lowest BCUT2D eigenvalue weighted by Gasteiger charge is -2.00. The van der Waals surface area contributed by atoms with E-state index in [1.165, 1.54) is 19.2 Å². The number of alkyl halides is 3. The fourth-order valence-corrected chi connectivity index (χ4v) is 2.25. The maximum absolute atomic E-state index is 12.5. The fraction of sp³-hybridized carbons (Fsp3) is 0.200. The van der Waals surface area contributed by atoms with Gasteiger partial charge in [-0.1, -0.05) is 0 Å². The summed E-state index contributed by atoms with van der Waals surface area (Å²) in [4.78, 5) is 14.7. The Bertz CT molecular complexity index is 621. The van der Waals surface area contributed by atoms with Crippen molar-refractivity contribution >= 4 is 33.2 Å². The number of rotatable bonds is 1.